The van der Waals surface area contributed by atoms with Crippen LogP contribution >= 0.6 is 0 Å². The van der Waals surface area contributed by atoms with Crippen LogP contribution in [0.3, 0.4) is 0 Å². The lowest BCUT2D eigenvalue weighted by molar-refractivity contribution is -0.118. The second kappa shape index (κ2) is 5.25. The van der Waals surface area contributed by atoms with E-state index in [-0.39, 0.29) is 16.7 Å². The first-order chi connectivity index (χ1) is 9.30. The molecule has 2 aromatic carbocycles. The quantitative estimate of drug-likeness (QED) is 0.945. The van der Waals surface area contributed by atoms with E-state index in [0.717, 1.165) is 5.39 Å². The molecule has 0 spiro atoms. The van der Waals surface area contributed by atoms with Crippen LogP contribution in [-0.4, -0.2) is 20.6 Å². The fraction of sp³-hybridized carbons (Fsp3) is 0.267. The fourth-order valence-electron chi connectivity index (χ4n) is 1.99. The molecule has 20 heavy (non-hydrogen) atoms. The van der Waals surface area contributed by atoms with Crippen molar-refractivity contribution in [1.82, 2.24) is 0 Å². The van der Waals surface area contributed by atoms with Crippen molar-refractivity contribution in [2.45, 2.75) is 18.7 Å². The molecule has 0 heterocycles. The first kappa shape index (κ1) is 14.5. The lowest BCUT2D eigenvalue weighted by Gasteiger charge is -2.12. The summed E-state index contributed by atoms with van der Waals surface area (Å²) in [7, 11) is -3.30. The number of carbonyl (C=O) groups is 1. The van der Waals surface area contributed by atoms with Gasteiger partial charge in [0.1, 0.15) is 0 Å². The van der Waals surface area contributed by atoms with Crippen LogP contribution in [0.25, 0.3) is 10.8 Å². The van der Waals surface area contributed by atoms with Gasteiger partial charge in [-0.3, -0.25) is 4.79 Å². The number of rotatable bonds is 3. The van der Waals surface area contributed by atoms with Crippen molar-refractivity contribution >= 4 is 32.2 Å². The summed E-state index contributed by atoms with van der Waals surface area (Å²) < 4.78 is 23.6. The van der Waals surface area contributed by atoms with Crippen molar-refractivity contribution in [2.24, 2.45) is 5.92 Å². The number of anilines is 1. The maximum Gasteiger partial charge on any atom is 0.226 e. The van der Waals surface area contributed by atoms with Crippen molar-refractivity contribution in [3.05, 3.63) is 36.4 Å². The first-order valence-electron chi connectivity index (χ1n) is 6.33. The van der Waals surface area contributed by atoms with Crippen molar-refractivity contribution in [3.8, 4) is 0 Å². The number of carbonyl (C=O) groups excluding carboxylic acids is 1. The lowest BCUT2D eigenvalue weighted by atomic mass is 10.1. The Balaban J connectivity index is 2.63. The third-order valence-electron chi connectivity index (χ3n) is 3.06. The second-order valence-electron chi connectivity index (χ2n) is 5.07. The normalized spacial score (nSPS) is 11.8. The van der Waals surface area contributed by atoms with Crippen LogP contribution in [0.15, 0.2) is 41.3 Å². The topological polar surface area (TPSA) is 63.2 Å². The minimum absolute atomic E-state index is 0.0951. The van der Waals surface area contributed by atoms with E-state index in [2.05, 4.69) is 5.32 Å². The average molecular weight is 291 g/mol. The average Bonchev–Trinajstić information content (AvgIpc) is 2.37. The van der Waals surface area contributed by atoms with Gasteiger partial charge in [-0.25, -0.2) is 8.42 Å². The summed E-state index contributed by atoms with van der Waals surface area (Å²) in [6, 6.07) is 10.3. The molecule has 1 amide bonds. The molecule has 2 rings (SSSR count). The molecule has 0 saturated heterocycles. The molecule has 0 fully saturated rings. The predicted molar refractivity (Wildman–Crippen MR) is 80.5 cm³/mol. The van der Waals surface area contributed by atoms with Gasteiger partial charge in [-0.2, -0.15) is 0 Å². The Morgan fingerprint density at radius 2 is 1.65 bits per heavy atom. The number of fused-ring (bicyclic) bond motifs is 1. The minimum Gasteiger partial charge on any atom is -0.325 e. The highest BCUT2D eigenvalue weighted by atomic mass is 32.2. The highest BCUT2D eigenvalue weighted by Gasteiger charge is 2.14. The molecule has 0 aliphatic carbocycles. The molecule has 2 aromatic rings. The van der Waals surface area contributed by atoms with E-state index in [4.69, 9.17) is 0 Å². The van der Waals surface area contributed by atoms with Gasteiger partial charge in [0.25, 0.3) is 0 Å². The zero-order chi connectivity index (χ0) is 14.9. The summed E-state index contributed by atoms with van der Waals surface area (Å²) in [4.78, 5) is 12.1. The first-order valence-corrected chi connectivity index (χ1v) is 8.22. The number of nitrogens with one attached hydrogen (secondary N) is 1. The Labute approximate surface area is 118 Å². The maximum absolute atomic E-state index is 11.8. The second-order valence-corrected chi connectivity index (χ2v) is 7.06. The van der Waals surface area contributed by atoms with E-state index in [0.29, 0.717) is 11.1 Å². The van der Waals surface area contributed by atoms with Gasteiger partial charge >= 0.3 is 0 Å². The summed E-state index contributed by atoms with van der Waals surface area (Å²) in [5, 5.41) is 4.18. The van der Waals surface area contributed by atoms with Crippen LogP contribution in [0.4, 0.5) is 5.69 Å². The van der Waals surface area contributed by atoms with E-state index in [1.54, 1.807) is 36.4 Å². The Hall–Kier alpha value is -1.88. The highest BCUT2D eigenvalue weighted by Crippen LogP contribution is 2.28. The van der Waals surface area contributed by atoms with E-state index in [1.165, 1.54) is 6.26 Å². The van der Waals surface area contributed by atoms with Gasteiger partial charge in [-0.05, 0) is 12.1 Å². The summed E-state index contributed by atoms with van der Waals surface area (Å²) in [6.07, 6.45) is 1.18. The summed E-state index contributed by atoms with van der Waals surface area (Å²) in [6.45, 7) is 3.62. The van der Waals surface area contributed by atoms with E-state index in [1.807, 2.05) is 13.8 Å². The number of hydrogen-bond donors (Lipinski definition) is 1. The molecule has 0 unspecified atom stereocenters. The maximum atomic E-state index is 11.8. The van der Waals surface area contributed by atoms with Crippen molar-refractivity contribution in [3.63, 3.8) is 0 Å². The summed E-state index contributed by atoms with van der Waals surface area (Å²) in [5.74, 6) is -0.231. The van der Waals surface area contributed by atoms with Crippen LogP contribution in [0.2, 0.25) is 0 Å². The Morgan fingerprint density at radius 3 is 2.25 bits per heavy atom. The number of amides is 1. The summed E-state index contributed by atoms with van der Waals surface area (Å²) in [5.41, 5.74) is 0.631. The van der Waals surface area contributed by atoms with Gasteiger partial charge in [0.15, 0.2) is 9.84 Å². The molecule has 0 bridgehead atoms. The van der Waals surface area contributed by atoms with E-state index < -0.39 is 9.84 Å². The van der Waals surface area contributed by atoms with Gasteiger partial charge in [0.2, 0.25) is 5.91 Å². The van der Waals surface area contributed by atoms with Gasteiger partial charge in [-0.15, -0.1) is 0 Å². The largest absolute Gasteiger partial charge is 0.325 e. The van der Waals surface area contributed by atoms with Crippen LogP contribution in [0.5, 0.6) is 0 Å². The Bertz CT molecular complexity index is 764. The van der Waals surface area contributed by atoms with Crippen molar-refractivity contribution in [1.29, 1.82) is 0 Å². The molecule has 0 atom stereocenters. The SMILES string of the molecule is CC(C)C(=O)Nc1cccc2c(S(C)(=O)=O)cccc12. The van der Waals surface area contributed by atoms with Crippen LogP contribution in [0.1, 0.15) is 13.8 Å². The molecule has 0 aliphatic rings. The van der Waals surface area contributed by atoms with Gasteiger partial charge < -0.3 is 5.32 Å². The fourth-order valence-corrected chi connectivity index (χ4v) is 2.89. The predicted octanol–water partition coefficient (Wildman–Crippen LogP) is 2.84. The standard InChI is InChI=1S/C15H17NO3S/c1-10(2)15(17)16-13-8-4-7-12-11(13)6-5-9-14(12)20(3,18)19/h4-10H,1-3H3,(H,16,17). The number of sulfone groups is 1. The van der Waals surface area contributed by atoms with Crippen LogP contribution in [0, 0.1) is 5.92 Å². The number of benzene rings is 2. The Morgan fingerprint density at radius 1 is 1.05 bits per heavy atom. The summed E-state index contributed by atoms with van der Waals surface area (Å²) >= 11 is 0. The molecule has 5 heteroatoms. The zero-order valence-corrected chi connectivity index (χ0v) is 12.5. The van der Waals surface area contributed by atoms with E-state index >= 15 is 0 Å². The smallest absolute Gasteiger partial charge is 0.226 e. The lowest BCUT2D eigenvalue weighted by Crippen LogP contribution is -2.17. The molecular weight excluding hydrogens is 274 g/mol. The van der Waals surface area contributed by atoms with Crippen molar-refractivity contribution < 1.29 is 13.2 Å². The molecule has 0 aliphatic heterocycles. The zero-order valence-electron chi connectivity index (χ0n) is 11.7. The highest BCUT2D eigenvalue weighted by molar-refractivity contribution is 7.91. The molecule has 4 nitrogen and oxygen atoms in total. The third-order valence-corrected chi connectivity index (χ3v) is 4.22. The van der Waals surface area contributed by atoms with Crippen LogP contribution < -0.4 is 5.32 Å². The molecule has 0 aromatic heterocycles. The molecular formula is C15H17NO3S. The minimum atomic E-state index is -3.30. The van der Waals surface area contributed by atoms with Gasteiger partial charge in [0, 0.05) is 28.6 Å². The molecule has 106 valence electrons. The van der Waals surface area contributed by atoms with Crippen molar-refractivity contribution in [2.75, 3.05) is 11.6 Å². The molecule has 0 radical (unpaired) electrons. The van der Waals surface area contributed by atoms with Gasteiger partial charge in [-0.1, -0.05) is 38.1 Å². The monoisotopic (exact) mass is 291 g/mol. The third kappa shape index (κ3) is 2.82. The van der Waals surface area contributed by atoms with Crippen LogP contribution in [-0.2, 0) is 14.6 Å². The molecule has 1 N–H and O–H groups in total. The molecule has 0 saturated carbocycles. The number of hydrogen-bond acceptors (Lipinski definition) is 3. The van der Waals surface area contributed by atoms with E-state index in [9.17, 15) is 13.2 Å². The van der Waals surface area contributed by atoms with Gasteiger partial charge in [0.05, 0.1) is 4.90 Å². The Kier molecular flexibility index (Phi) is 3.81.